The first-order valence-corrected chi connectivity index (χ1v) is 12.5. The quantitative estimate of drug-likeness (QED) is 0.475. The van der Waals surface area contributed by atoms with Gasteiger partial charge in [0.1, 0.15) is 5.75 Å². The first kappa shape index (κ1) is 22.9. The molecule has 0 spiro atoms. The molecule has 0 atom stereocenters. The standard InChI is InChI=1S/C23H27N5O4S/c29-22(18-32-21-8-7-19-5-1-2-6-20(19)17-21)24-11-4-16-33(30,31)28-14-12-27(13-15-28)23-25-9-3-10-26-23/h1-3,5-10,17H,4,11-16,18H2,(H,24,29). The Labute approximate surface area is 193 Å². The van der Waals surface area contributed by atoms with Crippen LogP contribution in [0.3, 0.4) is 0 Å². The second-order valence-corrected chi connectivity index (χ2v) is 9.84. The maximum atomic E-state index is 12.6. The molecule has 1 N–H and O–H groups in total. The Balaban J connectivity index is 1.15. The minimum atomic E-state index is -3.38. The summed E-state index contributed by atoms with van der Waals surface area (Å²) in [6, 6.07) is 15.3. The normalized spacial score (nSPS) is 14.8. The Kier molecular flexibility index (Phi) is 7.36. The van der Waals surface area contributed by atoms with Crippen molar-refractivity contribution in [3.63, 3.8) is 0 Å². The van der Waals surface area contributed by atoms with Crippen molar-refractivity contribution in [2.24, 2.45) is 0 Å². The lowest BCUT2D eigenvalue weighted by Crippen LogP contribution is -2.50. The van der Waals surface area contributed by atoms with Crippen molar-refractivity contribution in [3.8, 4) is 5.75 Å². The second-order valence-electron chi connectivity index (χ2n) is 7.75. The lowest BCUT2D eigenvalue weighted by atomic mass is 10.1. The Morgan fingerprint density at radius 2 is 1.70 bits per heavy atom. The van der Waals surface area contributed by atoms with E-state index < -0.39 is 10.0 Å². The molecule has 1 fully saturated rings. The summed E-state index contributed by atoms with van der Waals surface area (Å²) in [5.41, 5.74) is 0. The van der Waals surface area contributed by atoms with Crippen molar-refractivity contribution in [1.82, 2.24) is 19.6 Å². The van der Waals surface area contributed by atoms with Crippen LogP contribution in [0.15, 0.2) is 60.9 Å². The molecule has 0 aliphatic carbocycles. The molecule has 1 amide bonds. The zero-order chi connectivity index (χ0) is 23.1. The predicted octanol–water partition coefficient (Wildman–Crippen LogP) is 1.67. The fourth-order valence-corrected chi connectivity index (χ4v) is 5.18. The molecule has 0 bridgehead atoms. The highest BCUT2D eigenvalue weighted by Crippen LogP contribution is 2.20. The molecule has 1 aromatic heterocycles. The number of sulfonamides is 1. The van der Waals surface area contributed by atoms with Crippen molar-refractivity contribution in [2.75, 3.05) is 50.0 Å². The number of rotatable bonds is 9. The van der Waals surface area contributed by atoms with E-state index in [1.807, 2.05) is 47.4 Å². The monoisotopic (exact) mass is 469 g/mol. The van der Waals surface area contributed by atoms with Gasteiger partial charge in [0.2, 0.25) is 16.0 Å². The minimum absolute atomic E-state index is 0.0132. The van der Waals surface area contributed by atoms with Crippen LogP contribution in [0.4, 0.5) is 5.95 Å². The highest BCUT2D eigenvalue weighted by molar-refractivity contribution is 7.89. The molecule has 174 valence electrons. The van der Waals surface area contributed by atoms with Crippen LogP contribution in [0.2, 0.25) is 0 Å². The number of hydrogen-bond acceptors (Lipinski definition) is 7. The van der Waals surface area contributed by atoms with Crippen LogP contribution in [-0.4, -0.2) is 73.7 Å². The van der Waals surface area contributed by atoms with E-state index in [2.05, 4.69) is 15.3 Å². The summed E-state index contributed by atoms with van der Waals surface area (Å²) in [6.45, 7) is 2.04. The highest BCUT2D eigenvalue weighted by Gasteiger charge is 2.27. The van der Waals surface area contributed by atoms with Crippen LogP contribution in [0, 0.1) is 0 Å². The minimum Gasteiger partial charge on any atom is -0.484 e. The fraction of sp³-hybridized carbons (Fsp3) is 0.348. The molecule has 4 rings (SSSR count). The van der Waals surface area contributed by atoms with Gasteiger partial charge in [0.15, 0.2) is 6.61 Å². The number of ether oxygens (including phenoxy) is 1. The molecule has 9 nitrogen and oxygen atoms in total. The van der Waals surface area contributed by atoms with Crippen LogP contribution in [0.25, 0.3) is 10.8 Å². The number of benzene rings is 2. The number of nitrogens with zero attached hydrogens (tertiary/aromatic N) is 4. The number of nitrogens with one attached hydrogen (secondary N) is 1. The number of fused-ring (bicyclic) bond motifs is 1. The average Bonchev–Trinajstić information content (AvgIpc) is 2.86. The molecule has 1 aliphatic heterocycles. The molecule has 3 aromatic rings. The number of anilines is 1. The lowest BCUT2D eigenvalue weighted by molar-refractivity contribution is -0.123. The van der Waals surface area contributed by atoms with Crippen LogP contribution < -0.4 is 15.0 Å². The molecule has 33 heavy (non-hydrogen) atoms. The first-order chi connectivity index (χ1) is 16.0. The zero-order valence-corrected chi connectivity index (χ0v) is 19.1. The molecular weight excluding hydrogens is 442 g/mol. The highest BCUT2D eigenvalue weighted by atomic mass is 32.2. The van der Waals surface area contributed by atoms with Gasteiger partial charge in [-0.1, -0.05) is 30.3 Å². The van der Waals surface area contributed by atoms with Gasteiger partial charge in [-0.05, 0) is 35.4 Å². The van der Waals surface area contributed by atoms with Gasteiger partial charge in [0.05, 0.1) is 5.75 Å². The van der Waals surface area contributed by atoms with Gasteiger partial charge >= 0.3 is 0 Å². The van der Waals surface area contributed by atoms with Crippen molar-refractivity contribution in [3.05, 3.63) is 60.9 Å². The Morgan fingerprint density at radius 3 is 2.45 bits per heavy atom. The third-order valence-corrected chi connectivity index (χ3v) is 7.42. The largest absolute Gasteiger partial charge is 0.484 e. The second kappa shape index (κ2) is 10.6. The van der Waals surface area contributed by atoms with E-state index >= 15 is 0 Å². The van der Waals surface area contributed by atoms with E-state index in [4.69, 9.17) is 4.74 Å². The maximum absolute atomic E-state index is 12.6. The molecular formula is C23H27N5O4S. The van der Waals surface area contributed by atoms with E-state index in [1.54, 1.807) is 18.5 Å². The van der Waals surface area contributed by atoms with Gasteiger partial charge in [-0.2, -0.15) is 4.31 Å². The zero-order valence-electron chi connectivity index (χ0n) is 18.3. The molecule has 10 heteroatoms. The van der Waals surface area contributed by atoms with Gasteiger partial charge in [0, 0.05) is 45.1 Å². The van der Waals surface area contributed by atoms with Crippen LogP contribution in [0.5, 0.6) is 5.75 Å². The van der Waals surface area contributed by atoms with Crippen LogP contribution in [-0.2, 0) is 14.8 Å². The number of aromatic nitrogens is 2. The van der Waals surface area contributed by atoms with Crippen molar-refractivity contribution < 1.29 is 17.9 Å². The molecule has 0 unspecified atom stereocenters. The van der Waals surface area contributed by atoms with E-state index in [0.717, 1.165) is 10.8 Å². The number of amides is 1. The number of carbonyl (C=O) groups is 1. The summed E-state index contributed by atoms with van der Waals surface area (Å²) >= 11 is 0. The van der Waals surface area contributed by atoms with Gasteiger partial charge in [0.25, 0.3) is 5.91 Å². The van der Waals surface area contributed by atoms with E-state index in [9.17, 15) is 13.2 Å². The molecule has 0 saturated carbocycles. The van der Waals surface area contributed by atoms with Crippen LogP contribution >= 0.6 is 0 Å². The summed E-state index contributed by atoms with van der Waals surface area (Å²) in [6.07, 6.45) is 3.69. The third kappa shape index (κ3) is 6.17. The van der Waals surface area contributed by atoms with Gasteiger partial charge < -0.3 is 15.0 Å². The van der Waals surface area contributed by atoms with E-state index in [0.29, 0.717) is 44.3 Å². The fourth-order valence-electron chi connectivity index (χ4n) is 3.69. The van der Waals surface area contributed by atoms with Gasteiger partial charge in [-0.25, -0.2) is 18.4 Å². The Morgan fingerprint density at radius 1 is 0.970 bits per heavy atom. The van der Waals surface area contributed by atoms with E-state index in [1.165, 1.54) is 4.31 Å². The first-order valence-electron chi connectivity index (χ1n) is 10.9. The summed E-state index contributed by atoms with van der Waals surface area (Å²) in [5, 5.41) is 4.86. The molecule has 1 aliphatic rings. The summed E-state index contributed by atoms with van der Waals surface area (Å²) in [4.78, 5) is 22.5. The lowest BCUT2D eigenvalue weighted by Gasteiger charge is -2.33. The number of piperazine rings is 1. The summed E-state index contributed by atoms with van der Waals surface area (Å²) in [7, 11) is -3.38. The summed E-state index contributed by atoms with van der Waals surface area (Å²) < 4.78 is 32.3. The molecule has 2 aromatic carbocycles. The van der Waals surface area contributed by atoms with Crippen molar-refractivity contribution in [1.29, 1.82) is 0 Å². The van der Waals surface area contributed by atoms with Gasteiger partial charge in [-0.15, -0.1) is 0 Å². The summed E-state index contributed by atoms with van der Waals surface area (Å²) in [5.74, 6) is 0.937. The molecule has 1 saturated heterocycles. The molecule has 0 radical (unpaired) electrons. The SMILES string of the molecule is O=C(COc1ccc2ccccc2c1)NCCCS(=O)(=O)N1CCN(c2ncccn2)CC1. The topological polar surface area (TPSA) is 105 Å². The molecule has 2 heterocycles. The maximum Gasteiger partial charge on any atom is 0.257 e. The number of hydrogen-bond donors (Lipinski definition) is 1. The Hall–Kier alpha value is -3.24. The predicted molar refractivity (Wildman–Crippen MR) is 127 cm³/mol. The van der Waals surface area contributed by atoms with Crippen molar-refractivity contribution >= 4 is 32.7 Å². The van der Waals surface area contributed by atoms with Crippen LogP contribution in [0.1, 0.15) is 6.42 Å². The smallest absolute Gasteiger partial charge is 0.257 e. The Bertz CT molecular complexity index is 1180. The number of carbonyl (C=O) groups excluding carboxylic acids is 1. The van der Waals surface area contributed by atoms with Crippen molar-refractivity contribution in [2.45, 2.75) is 6.42 Å². The third-order valence-electron chi connectivity index (χ3n) is 5.46. The van der Waals surface area contributed by atoms with Gasteiger partial charge in [-0.3, -0.25) is 4.79 Å². The van der Waals surface area contributed by atoms with E-state index in [-0.39, 0.29) is 24.8 Å². The average molecular weight is 470 g/mol.